The summed E-state index contributed by atoms with van der Waals surface area (Å²) in [5.41, 5.74) is 4.52. The molecule has 7 nitrogen and oxygen atoms in total. The van der Waals surface area contributed by atoms with Crippen LogP contribution in [0, 0.1) is 0 Å². The molecule has 0 atom stereocenters. The van der Waals surface area contributed by atoms with Crippen molar-refractivity contribution < 1.29 is 24.3 Å². The van der Waals surface area contributed by atoms with Crippen LogP contribution in [0.3, 0.4) is 0 Å². The molecule has 2 aromatic rings. The topological polar surface area (TPSA) is 88.1 Å². The fourth-order valence-electron chi connectivity index (χ4n) is 3.08. The summed E-state index contributed by atoms with van der Waals surface area (Å²) >= 11 is 0. The molecule has 0 bridgehead atoms. The minimum Gasteiger partial charge on any atom is -0.497 e. The van der Waals surface area contributed by atoms with Crippen LogP contribution < -0.4 is 10.2 Å². The van der Waals surface area contributed by atoms with Gasteiger partial charge in [0.2, 0.25) is 0 Å². The van der Waals surface area contributed by atoms with Gasteiger partial charge in [-0.2, -0.15) is 0 Å². The van der Waals surface area contributed by atoms with Gasteiger partial charge in [-0.15, -0.1) is 0 Å². The van der Waals surface area contributed by atoms with E-state index in [1.165, 1.54) is 6.08 Å². The van der Waals surface area contributed by atoms with E-state index in [0.717, 1.165) is 16.7 Å². The SMILES string of the molecule is COc1cccc(C(=Cc2ccc(/C=C/C(=O)NO)cc2)C(=O)N2CCOCC2)c1. The molecular weight excluding hydrogens is 384 g/mol. The molecule has 1 aliphatic rings. The molecule has 0 aliphatic carbocycles. The van der Waals surface area contributed by atoms with Gasteiger partial charge in [-0.25, -0.2) is 5.48 Å². The molecule has 2 amide bonds. The van der Waals surface area contributed by atoms with Crippen LogP contribution in [0.15, 0.2) is 54.6 Å². The summed E-state index contributed by atoms with van der Waals surface area (Å²) in [6.07, 6.45) is 4.66. The maximum Gasteiger partial charge on any atom is 0.267 e. The standard InChI is InChI=1S/C23H24N2O5/c1-29-20-4-2-3-19(16-20)21(23(27)25-11-13-30-14-12-25)15-18-7-5-17(6-8-18)9-10-22(26)24-28/h2-10,15-16,28H,11-14H2,1H3,(H,24,26)/b10-9+,21-15?. The maximum absolute atomic E-state index is 13.3. The van der Waals surface area contributed by atoms with Gasteiger partial charge in [0.15, 0.2) is 0 Å². The zero-order valence-corrected chi connectivity index (χ0v) is 16.7. The van der Waals surface area contributed by atoms with E-state index in [1.807, 2.05) is 54.6 Å². The van der Waals surface area contributed by atoms with Crippen LogP contribution in [-0.4, -0.2) is 55.3 Å². The predicted octanol–water partition coefficient (Wildman–Crippen LogP) is 2.61. The molecule has 0 saturated carbocycles. The summed E-state index contributed by atoms with van der Waals surface area (Å²) in [6.45, 7) is 2.16. The van der Waals surface area contributed by atoms with E-state index in [1.54, 1.807) is 23.6 Å². The van der Waals surface area contributed by atoms with Crippen molar-refractivity contribution in [3.05, 3.63) is 71.3 Å². The molecule has 1 aliphatic heterocycles. The zero-order chi connectivity index (χ0) is 21.3. The number of benzene rings is 2. The van der Waals surface area contributed by atoms with Crippen molar-refractivity contribution in [2.24, 2.45) is 0 Å². The number of amides is 2. The third-order valence-corrected chi connectivity index (χ3v) is 4.69. The fraction of sp³-hybridized carbons (Fsp3) is 0.217. The van der Waals surface area contributed by atoms with Gasteiger partial charge in [0.1, 0.15) is 5.75 Å². The predicted molar refractivity (Wildman–Crippen MR) is 114 cm³/mol. The average Bonchev–Trinajstić information content (AvgIpc) is 2.81. The second kappa shape index (κ2) is 10.4. The third-order valence-electron chi connectivity index (χ3n) is 4.69. The second-order valence-electron chi connectivity index (χ2n) is 6.67. The molecule has 2 N–H and O–H groups in total. The number of carbonyl (C=O) groups is 2. The van der Waals surface area contributed by atoms with Crippen molar-refractivity contribution in [1.82, 2.24) is 10.4 Å². The Bertz CT molecular complexity index is 944. The Hall–Kier alpha value is -3.42. The Labute approximate surface area is 175 Å². The number of hydrogen-bond donors (Lipinski definition) is 2. The van der Waals surface area contributed by atoms with Crippen molar-refractivity contribution in [1.29, 1.82) is 0 Å². The lowest BCUT2D eigenvalue weighted by molar-refractivity contribution is -0.128. The number of methoxy groups -OCH3 is 1. The quantitative estimate of drug-likeness (QED) is 0.332. The van der Waals surface area contributed by atoms with Gasteiger partial charge in [0.05, 0.1) is 20.3 Å². The Morgan fingerprint density at radius 2 is 1.80 bits per heavy atom. The van der Waals surface area contributed by atoms with Gasteiger partial charge in [0.25, 0.3) is 11.8 Å². The third kappa shape index (κ3) is 5.56. The van der Waals surface area contributed by atoms with Crippen LogP contribution in [0.1, 0.15) is 16.7 Å². The van der Waals surface area contributed by atoms with Crippen LogP contribution in [0.4, 0.5) is 0 Å². The Morgan fingerprint density at radius 3 is 2.47 bits per heavy atom. The average molecular weight is 408 g/mol. The van der Waals surface area contributed by atoms with Crippen LogP contribution in [-0.2, 0) is 14.3 Å². The van der Waals surface area contributed by atoms with Gasteiger partial charge < -0.3 is 14.4 Å². The minimum absolute atomic E-state index is 0.0601. The zero-order valence-electron chi connectivity index (χ0n) is 16.7. The number of ether oxygens (including phenoxy) is 2. The molecule has 1 fully saturated rings. The van der Waals surface area contributed by atoms with Crippen molar-refractivity contribution in [2.75, 3.05) is 33.4 Å². The van der Waals surface area contributed by atoms with Gasteiger partial charge in [-0.05, 0) is 41.0 Å². The molecule has 3 rings (SSSR count). The van der Waals surface area contributed by atoms with Crippen LogP contribution in [0.5, 0.6) is 5.75 Å². The van der Waals surface area contributed by atoms with E-state index in [9.17, 15) is 9.59 Å². The normalized spacial score (nSPS) is 14.6. The van der Waals surface area contributed by atoms with Crippen molar-refractivity contribution >= 4 is 29.5 Å². The summed E-state index contributed by atoms with van der Waals surface area (Å²) in [7, 11) is 1.59. The largest absolute Gasteiger partial charge is 0.497 e. The first-order valence-corrected chi connectivity index (χ1v) is 9.56. The monoisotopic (exact) mass is 408 g/mol. The first-order valence-electron chi connectivity index (χ1n) is 9.56. The van der Waals surface area contributed by atoms with E-state index in [4.69, 9.17) is 14.7 Å². The lowest BCUT2D eigenvalue weighted by Gasteiger charge is -2.28. The van der Waals surface area contributed by atoms with Crippen LogP contribution in [0.2, 0.25) is 0 Å². The minimum atomic E-state index is -0.601. The Kier molecular flexibility index (Phi) is 7.37. The van der Waals surface area contributed by atoms with E-state index >= 15 is 0 Å². The van der Waals surface area contributed by atoms with E-state index < -0.39 is 5.91 Å². The van der Waals surface area contributed by atoms with Crippen molar-refractivity contribution in [2.45, 2.75) is 0 Å². The van der Waals surface area contributed by atoms with Crippen LogP contribution >= 0.6 is 0 Å². The molecule has 0 spiro atoms. The Balaban J connectivity index is 1.92. The summed E-state index contributed by atoms with van der Waals surface area (Å²) in [5.74, 6) is 0.0151. The number of hydrogen-bond acceptors (Lipinski definition) is 5. The molecule has 30 heavy (non-hydrogen) atoms. The van der Waals surface area contributed by atoms with Crippen LogP contribution in [0.25, 0.3) is 17.7 Å². The number of nitrogens with one attached hydrogen (secondary N) is 1. The summed E-state index contributed by atoms with van der Waals surface area (Å²) in [6, 6.07) is 14.8. The highest BCUT2D eigenvalue weighted by Gasteiger charge is 2.22. The highest BCUT2D eigenvalue weighted by Crippen LogP contribution is 2.25. The lowest BCUT2D eigenvalue weighted by Crippen LogP contribution is -2.41. The molecular formula is C23H24N2O5. The summed E-state index contributed by atoms with van der Waals surface area (Å²) in [5, 5.41) is 8.55. The second-order valence-corrected chi connectivity index (χ2v) is 6.67. The van der Waals surface area contributed by atoms with Crippen molar-refractivity contribution in [3.8, 4) is 5.75 Å². The fourth-order valence-corrected chi connectivity index (χ4v) is 3.08. The van der Waals surface area contributed by atoms with Gasteiger partial charge in [-0.3, -0.25) is 14.8 Å². The molecule has 2 aromatic carbocycles. The van der Waals surface area contributed by atoms with Gasteiger partial charge in [0, 0.05) is 24.7 Å². The number of carbonyl (C=O) groups excluding carboxylic acids is 2. The molecule has 0 unspecified atom stereocenters. The molecule has 1 heterocycles. The highest BCUT2D eigenvalue weighted by atomic mass is 16.5. The first kappa shape index (κ1) is 21.3. The maximum atomic E-state index is 13.3. The van der Waals surface area contributed by atoms with E-state index in [-0.39, 0.29) is 5.91 Å². The lowest BCUT2D eigenvalue weighted by atomic mass is 10.00. The summed E-state index contributed by atoms with van der Waals surface area (Å²) in [4.78, 5) is 26.2. The Morgan fingerprint density at radius 1 is 1.10 bits per heavy atom. The molecule has 1 saturated heterocycles. The number of rotatable bonds is 6. The van der Waals surface area contributed by atoms with Gasteiger partial charge in [-0.1, -0.05) is 36.4 Å². The number of nitrogens with zero attached hydrogens (tertiary/aromatic N) is 1. The van der Waals surface area contributed by atoms with E-state index in [0.29, 0.717) is 37.6 Å². The molecule has 156 valence electrons. The highest BCUT2D eigenvalue weighted by molar-refractivity contribution is 6.24. The molecule has 7 heteroatoms. The smallest absolute Gasteiger partial charge is 0.267 e. The number of hydroxylamine groups is 1. The van der Waals surface area contributed by atoms with Gasteiger partial charge >= 0.3 is 0 Å². The first-order chi connectivity index (χ1) is 14.6. The van der Waals surface area contributed by atoms with Crippen molar-refractivity contribution in [3.63, 3.8) is 0 Å². The number of morpholine rings is 1. The summed E-state index contributed by atoms with van der Waals surface area (Å²) < 4.78 is 10.7. The van der Waals surface area contributed by atoms with E-state index in [2.05, 4.69) is 0 Å². The molecule has 0 aromatic heterocycles. The molecule has 0 radical (unpaired) electrons.